The van der Waals surface area contributed by atoms with Crippen LogP contribution in [0.4, 0.5) is 0 Å². The number of carbonyl (C=O) groups excluding carboxylic acids is 5. The zero-order valence-electron chi connectivity index (χ0n) is 43.7. The molecule has 0 aromatic rings. The molecule has 3 amide bonds. The third kappa shape index (κ3) is 41.0. The number of nitrogens with zero attached hydrogens (tertiary/aromatic N) is 1. The average molecular weight is 973 g/mol. The van der Waals surface area contributed by atoms with E-state index in [4.69, 9.17) is 9.47 Å². The van der Waals surface area contributed by atoms with Gasteiger partial charge in [-0.25, -0.2) is 4.79 Å². The lowest BCUT2D eigenvalue weighted by molar-refractivity contribution is -0.870. The van der Waals surface area contributed by atoms with E-state index in [1.165, 1.54) is 129 Å². The number of amides is 3. The Hall–Kier alpha value is -1.99. The van der Waals surface area contributed by atoms with Gasteiger partial charge in [-0.3, -0.25) is 19.2 Å². The Morgan fingerprint density at radius 2 is 0.818 bits per heavy atom. The van der Waals surface area contributed by atoms with Gasteiger partial charge in [0.1, 0.15) is 18.1 Å². The standard InChI is InChI=1S/C53H102N4O7S2/c1-8-10-12-14-16-18-22-26-30-34-42-63-50(59)38-37-48(53(62)64-43-35-31-27-23-19-17-15-13-11-9-2)56-52(61)47(40-45-66-7)55-51(60)46(39-44-65-6)54-49(58)36-32-28-24-20-21-25-29-33-41-57(3,4)5/h46-48H,8-45H2,1-7H3,(H2-,54,55,56,58,60,61)/p+1/t46-,47-,48-/m0/s1. The molecule has 0 radical (unpaired) electrons. The highest BCUT2D eigenvalue weighted by Gasteiger charge is 2.30. The molecule has 0 saturated heterocycles. The number of nitrogens with one attached hydrogen (secondary N) is 3. The molecule has 0 aliphatic rings. The number of esters is 2. The first-order chi connectivity index (χ1) is 31.9. The molecule has 0 aliphatic carbocycles. The zero-order valence-corrected chi connectivity index (χ0v) is 45.4. The van der Waals surface area contributed by atoms with Gasteiger partial charge < -0.3 is 29.9 Å². The molecule has 13 heteroatoms. The van der Waals surface area contributed by atoms with Crippen LogP contribution in [-0.4, -0.2) is 117 Å². The van der Waals surface area contributed by atoms with Crippen molar-refractivity contribution < 1.29 is 37.9 Å². The van der Waals surface area contributed by atoms with Crippen molar-refractivity contribution in [3.05, 3.63) is 0 Å². The predicted octanol–water partition coefficient (Wildman–Crippen LogP) is 11.9. The van der Waals surface area contributed by atoms with Crippen molar-refractivity contribution in [2.75, 3.05) is 64.9 Å². The molecule has 0 bridgehead atoms. The fraction of sp³-hybridized carbons (Fsp3) is 0.906. The molecular weight excluding hydrogens is 869 g/mol. The number of thioether (sulfide) groups is 2. The summed E-state index contributed by atoms with van der Waals surface area (Å²) in [4.78, 5) is 67.1. The summed E-state index contributed by atoms with van der Waals surface area (Å²) >= 11 is 3.14. The Balaban J connectivity index is 5.32. The Morgan fingerprint density at radius 1 is 0.439 bits per heavy atom. The fourth-order valence-electron chi connectivity index (χ4n) is 7.97. The van der Waals surface area contributed by atoms with E-state index in [2.05, 4.69) is 50.9 Å². The normalized spacial score (nSPS) is 12.9. The Labute approximate surface area is 414 Å². The summed E-state index contributed by atoms with van der Waals surface area (Å²) in [6.45, 7) is 6.24. The van der Waals surface area contributed by atoms with Gasteiger partial charge in [-0.05, 0) is 75.4 Å². The van der Waals surface area contributed by atoms with Gasteiger partial charge in [-0.2, -0.15) is 23.5 Å². The smallest absolute Gasteiger partial charge is 0.328 e. The van der Waals surface area contributed by atoms with Crippen LogP contribution in [-0.2, 0) is 33.4 Å². The molecule has 0 aliphatic heterocycles. The van der Waals surface area contributed by atoms with Crippen molar-refractivity contribution in [2.45, 2.75) is 244 Å². The van der Waals surface area contributed by atoms with E-state index < -0.39 is 41.9 Å². The first-order valence-electron chi connectivity index (χ1n) is 26.9. The van der Waals surface area contributed by atoms with Crippen LogP contribution in [0.15, 0.2) is 0 Å². The van der Waals surface area contributed by atoms with Gasteiger partial charge in [0.05, 0.1) is 40.9 Å². The topological polar surface area (TPSA) is 140 Å². The van der Waals surface area contributed by atoms with E-state index in [1.807, 2.05) is 12.5 Å². The first kappa shape index (κ1) is 64.0. The lowest BCUT2D eigenvalue weighted by Gasteiger charge is -2.25. The minimum atomic E-state index is -1.07. The van der Waals surface area contributed by atoms with Crippen LogP contribution in [0.25, 0.3) is 0 Å². The van der Waals surface area contributed by atoms with Crippen molar-refractivity contribution in [1.82, 2.24) is 16.0 Å². The van der Waals surface area contributed by atoms with E-state index in [-0.39, 0.29) is 25.4 Å². The van der Waals surface area contributed by atoms with Crippen LogP contribution in [0.2, 0.25) is 0 Å². The third-order valence-corrected chi connectivity index (χ3v) is 13.5. The maximum absolute atomic E-state index is 13.9. The summed E-state index contributed by atoms with van der Waals surface area (Å²) in [5.74, 6) is -0.829. The Morgan fingerprint density at radius 3 is 1.26 bits per heavy atom. The molecule has 0 spiro atoms. The van der Waals surface area contributed by atoms with Crippen molar-refractivity contribution in [2.24, 2.45) is 0 Å². The largest absolute Gasteiger partial charge is 0.466 e. The maximum atomic E-state index is 13.9. The molecule has 3 N–H and O–H groups in total. The number of unbranched alkanes of at least 4 members (excludes halogenated alkanes) is 25. The highest BCUT2D eigenvalue weighted by atomic mass is 32.2. The Kier molecular flexibility index (Phi) is 44.1. The number of quaternary nitrogens is 1. The number of ether oxygens (including phenoxy) is 2. The zero-order chi connectivity index (χ0) is 48.9. The van der Waals surface area contributed by atoms with Crippen LogP contribution in [0.3, 0.4) is 0 Å². The van der Waals surface area contributed by atoms with E-state index in [1.54, 1.807) is 23.5 Å². The molecule has 0 aromatic heterocycles. The molecule has 0 unspecified atom stereocenters. The first-order valence-corrected chi connectivity index (χ1v) is 29.7. The number of hydrogen-bond acceptors (Lipinski definition) is 9. The van der Waals surface area contributed by atoms with Crippen molar-refractivity contribution in [3.8, 4) is 0 Å². The van der Waals surface area contributed by atoms with E-state index >= 15 is 0 Å². The van der Waals surface area contributed by atoms with Gasteiger partial charge in [-0.15, -0.1) is 0 Å². The monoisotopic (exact) mass is 972 g/mol. The summed E-state index contributed by atoms with van der Waals surface area (Å²) in [5, 5.41) is 8.70. The molecular formula is C53H103N4O7S2+. The summed E-state index contributed by atoms with van der Waals surface area (Å²) in [6.07, 6.45) is 37.5. The highest BCUT2D eigenvalue weighted by molar-refractivity contribution is 7.98. The molecule has 0 rings (SSSR count). The predicted molar refractivity (Wildman–Crippen MR) is 281 cm³/mol. The van der Waals surface area contributed by atoms with Gasteiger partial charge >= 0.3 is 11.9 Å². The molecule has 11 nitrogen and oxygen atoms in total. The quantitative estimate of drug-likeness (QED) is 0.0309. The molecule has 3 atom stereocenters. The second-order valence-corrected chi connectivity index (χ2v) is 21.7. The number of rotatable bonds is 48. The molecule has 0 fully saturated rings. The van der Waals surface area contributed by atoms with Crippen LogP contribution in [0.1, 0.15) is 226 Å². The summed E-state index contributed by atoms with van der Waals surface area (Å²) in [7, 11) is 6.70. The summed E-state index contributed by atoms with van der Waals surface area (Å²) in [5.41, 5.74) is 0. The molecule has 388 valence electrons. The third-order valence-electron chi connectivity index (χ3n) is 12.2. The van der Waals surface area contributed by atoms with Crippen LogP contribution in [0, 0.1) is 0 Å². The minimum absolute atomic E-state index is 0.0337. The molecule has 66 heavy (non-hydrogen) atoms. The molecule has 0 heterocycles. The van der Waals surface area contributed by atoms with Crippen LogP contribution < -0.4 is 16.0 Å². The van der Waals surface area contributed by atoms with E-state index in [0.29, 0.717) is 37.4 Å². The number of carbonyl (C=O) groups is 5. The Bertz CT molecular complexity index is 1200. The van der Waals surface area contributed by atoms with Gasteiger partial charge in [0, 0.05) is 12.8 Å². The maximum Gasteiger partial charge on any atom is 0.328 e. The highest BCUT2D eigenvalue weighted by Crippen LogP contribution is 2.15. The van der Waals surface area contributed by atoms with E-state index in [0.717, 1.165) is 62.3 Å². The van der Waals surface area contributed by atoms with Crippen molar-refractivity contribution >= 4 is 53.2 Å². The average Bonchev–Trinajstić information content (AvgIpc) is 3.28. The SMILES string of the molecule is CCCCCCCCCCCCOC(=O)CC[C@H](NC(=O)[C@H](CCSC)NC(=O)[C@H](CCSC)NC(=O)CCCCCCCCCC[N+](C)(C)C)C(=O)OCCCCCCCCCCCC. The van der Waals surface area contributed by atoms with Gasteiger partial charge in [0.25, 0.3) is 0 Å². The van der Waals surface area contributed by atoms with Gasteiger partial charge in [-0.1, -0.05) is 162 Å². The van der Waals surface area contributed by atoms with Crippen molar-refractivity contribution in [1.29, 1.82) is 0 Å². The fourth-order valence-corrected chi connectivity index (χ4v) is 8.92. The lowest BCUT2D eigenvalue weighted by atomic mass is 10.1. The molecule has 0 aromatic carbocycles. The lowest BCUT2D eigenvalue weighted by Crippen LogP contribution is -2.56. The summed E-state index contributed by atoms with van der Waals surface area (Å²) in [6, 6.07) is -2.79. The minimum Gasteiger partial charge on any atom is -0.466 e. The van der Waals surface area contributed by atoms with Gasteiger partial charge in [0.2, 0.25) is 17.7 Å². The number of hydrogen-bond donors (Lipinski definition) is 3. The van der Waals surface area contributed by atoms with Crippen molar-refractivity contribution in [3.63, 3.8) is 0 Å². The second kappa shape index (κ2) is 45.5. The van der Waals surface area contributed by atoms with Gasteiger partial charge in [0.15, 0.2) is 0 Å². The van der Waals surface area contributed by atoms with Crippen LogP contribution in [0.5, 0.6) is 0 Å². The summed E-state index contributed by atoms with van der Waals surface area (Å²) < 4.78 is 12.2. The molecule has 0 saturated carbocycles. The second-order valence-electron chi connectivity index (χ2n) is 19.7. The van der Waals surface area contributed by atoms with Crippen LogP contribution >= 0.6 is 23.5 Å². The van der Waals surface area contributed by atoms with E-state index in [9.17, 15) is 24.0 Å².